The molecule has 0 bridgehead atoms. The number of hydrogen-bond acceptors (Lipinski definition) is 4. The molecule has 0 saturated carbocycles. The van der Waals surface area contributed by atoms with Gasteiger partial charge < -0.3 is 4.74 Å². The van der Waals surface area contributed by atoms with Gasteiger partial charge in [-0.3, -0.25) is 4.57 Å². The van der Waals surface area contributed by atoms with Crippen molar-refractivity contribution >= 4 is 10.0 Å². The van der Waals surface area contributed by atoms with Crippen molar-refractivity contribution in [1.82, 2.24) is 14.3 Å². The molecule has 32 heavy (non-hydrogen) atoms. The number of nitrogens with zero attached hydrogens (tertiary/aromatic N) is 2. The summed E-state index contributed by atoms with van der Waals surface area (Å²) < 4.78 is 37.6. The minimum absolute atomic E-state index is 0.364. The summed E-state index contributed by atoms with van der Waals surface area (Å²) >= 11 is 0. The van der Waals surface area contributed by atoms with Gasteiger partial charge in [0.2, 0.25) is 10.0 Å². The van der Waals surface area contributed by atoms with Crippen molar-refractivity contribution in [3.05, 3.63) is 69.5 Å². The Morgan fingerprint density at radius 3 is 2.00 bits per heavy atom. The van der Waals surface area contributed by atoms with Gasteiger partial charge in [-0.2, -0.15) is 0 Å². The van der Waals surface area contributed by atoms with Crippen LogP contribution in [0.15, 0.2) is 35.4 Å². The lowest BCUT2D eigenvalue weighted by atomic mass is 9.95. The highest BCUT2D eigenvalue weighted by Gasteiger charge is 2.27. The van der Waals surface area contributed by atoms with E-state index in [1.54, 1.807) is 6.20 Å². The van der Waals surface area contributed by atoms with Gasteiger partial charge in [-0.15, -0.1) is 0 Å². The van der Waals surface area contributed by atoms with Gasteiger partial charge in [-0.1, -0.05) is 17.7 Å². The van der Waals surface area contributed by atoms with Crippen molar-refractivity contribution in [2.24, 2.45) is 0 Å². The number of imidazole rings is 1. The number of benzene rings is 2. The molecule has 2 aromatic carbocycles. The smallest absolute Gasteiger partial charge is 0.302 e. The summed E-state index contributed by atoms with van der Waals surface area (Å²) in [6.07, 6.45) is 1.67. The number of aromatic nitrogens is 2. The predicted octanol–water partition coefficient (Wildman–Crippen LogP) is 5.59. The first kappa shape index (κ1) is 24.0. The predicted molar refractivity (Wildman–Crippen MR) is 128 cm³/mol. The fourth-order valence-electron chi connectivity index (χ4n) is 4.05. The van der Waals surface area contributed by atoms with Crippen LogP contribution in [0.3, 0.4) is 0 Å². The lowest BCUT2D eigenvalue weighted by Gasteiger charge is -2.21. The summed E-state index contributed by atoms with van der Waals surface area (Å²) in [6.45, 7) is 16.2. The van der Waals surface area contributed by atoms with Crippen molar-refractivity contribution in [2.75, 3.05) is 0 Å². The Morgan fingerprint density at radius 1 is 0.938 bits per heavy atom. The molecule has 3 rings (SSSR count). The molecule has 0 fully saturated rings. The summed E-state index contributed by atoms with van der Waals surface area (Å²) in [7, 11) is -3.74. The highest BCUT2D eigenvalue weighted by atomic mass is 32.2. The first-order valence-corrected chi connectivity index (χ1v) is 12.4. The van der Waals surface area contributed by atoms with E-state index in [2.05, 4.69) is 9.71 Å². The maximum Gasteiger partial charge on any atom is 0.302 e. The van der Waals surface area contributed by atoms with Gasteiger partial charge in [0.1, 0.15) is 5.75 Å². The molecule has 0 aliphatic rings. The molecule has 1 unspecified atom stereocenters. The third-order valence-electron chi connectivity index (χ3n) is 6.37. The van der Waals surface area contributed by atoms with Gasteiger partial charge >= 0.3 is 6.01 Å². The van der Waals surface area contributed by atoms with Crippen LogP contribution in [-0.2, 0) is 16.6 Å². The fraction of sp³-hybridized carbons (Fsp3) is 0.400. The third-order valence-corrected chi connectivity index (χ3v) is 8.19. The summed E-state index contributed by atoms with van der Waals surface area (Å²) in [5, 5.41) is 0. The second kappa shape index (κ2) is 9.08. The molecule has 1 N–H and O–H groups in total. The van der Waals surface area contributed by atoms with Gasteiger partial charge in [0.25, 0.3) is 0 Å². The van der Waals surface area contributed by atoms with E-state index in [-0.39, 0.29) is 0 Å². The molecule has 3 aromatic rings. The van der Waals surface area contributed by atoms with Crippen LogP contribution in [0.4, 0.5) is 0 Å². The standard InChI is InChI=1S/C25H33N3O3S/c1-9-28-23(14-26-25(28)31-22-12-10-15(2)11-13-22)21(8)27-32(29,30)24-19(6)17(4)16(3)18(5)20(24)7/h10-14,21,27H,9H2,1-8H3. The topological polar surface area (TPSA) is 73.2 Å². The molecule has 1 aromatic heterocycles. The van der Waals surface area contributed by atoms with Crippen molar-refractivity contribution < 1.29 is 13.2 Å². The third kappa shape index (κ3) is 4.45. The Balaban J connectivity index is 1.93. The van der Waals surface area contributed by atoms with Gasteiger partial charge in [-0.05, 0) is 95.3 Å². The zero-order chi connectivity index (χ0) is 23.8. The van der Waals surface area contributed by atoms with Crippen LogP contribution in [0.1, 0.15) is 59.0 Å². The first-order chi connectivity index (χ1) is 15.0. The fourth-order valence-corrected chi connectivity index (χ4v) is 5.86. The maximum absolute atomic E-state index is 13.4. The number of rotatable bonds is 7. The van der Waals surface area contributed by atoms with Crippen LogP contribution in [0.5, 0.6) is 11.8 Å². The van der Waals surface area contributed by atoms with Crippen molar-refractivity contribution in [3.8, 4) is 11.8 Å². The van der Waals surface area contributed by atoms with E-state index in [4.69, 9.17) is 4.74 Å². The second-order valence-electron chi connectivity index (χ2n) is 8.42. The molecule has 1 atom stereocenters. The summed E-state index contributed by atoms with van der Waals surface area (Å²) in [4.78, 5) is 4.77. The molecule has 6 nitrogen and oxygen atoms in total. The molecule has 1 heterocycles. The van der Waals surface area contributed by atoms with Crippen molar-refractivity contribution in [1.29, 1.82) is 0 Å². The SMILES string of the molecule is CCn1c(C(C)NS(=O)(=O)c2c(C)c(C)c(C)c(C)c2C)cnc1Oc1ccc(C)cc1. The van der Waals surface area contributed by atoms with Crippen LogP contribution < -0.4 is 9.46 Å². The lowest BCUT2D eigenvalue weighted by molar-refractivity contribution is 0.408. The van der Waals surface area contributed by atoms with Crippen LogP contribution in [-0.4, -0.2) is 18.0 Å². The van der Waals surface area contributed by atoms with E-state index in [0.717, 1.165) is 39.1 Å². The number of nitrogens with one attached hydrogen (secondary N) is 1. The zero-order valence-electron chi connectivity index (χ0n) is 20.2. The van der Waals surface area contributed by atoms with E-state index in [1.807, 2.05) is 84.2 Å². The van der Waals surface area contributed by atoms with Crippen LogP contribution in [0, 0.1) is 41.5 Å². The number of sulfonamides is 1. The number of aryl methyl sites for hydroxylation is 1. The average molecular weight is 456 g/mol. The highest BCUT2D eigenvalue weighted by Crippen LogP contribution is 2.31. The Morgan fingerprint density at radius 2 is 1.47 bits per heavy atom. The summed E-state index contributed by atoms with van der Waals surface area (Å²) in [5.74, 6) is 0.688. The van der Waals surface area contributed by atoms with Crippen LogP contribution in [0.25, 0.3) is 0 Å². The Kier molecular flexibility index (Phi) is 6.81. The Labute approximate surface area is 191 Å². The van der Waals surface area contributed by atoms with Crippen LogP contribution in [0.2, 0.25) is 0 Å². The molecule has 172 valence electrons. The molecule has 0 radical (unpaired) electrons. The molecule has 0 aliphatic carbocycles. The van der Waals surface area contributed by atoms with Crippen molar-refractivity contribution in [3.63, 3.8) is 0 Å². The quantitative estimate of drug-likeness (QED) is 0.504. The molecular weight excluding hydrogens is 422 g/mol. The lowest BCUT2D eigenvalue weighted by Crippen LogP contribution is -2.30. The minimum Gasteiger partial charge on any atom is -0.426 e. The van der Waals surface area contributed by atoms with Gasteiger partial charge in [0.15, 0.2) is 0 Å². The summed E-state index contributed by atoms with van der Waals surface area (Å²) in [6, 6.07) is 7.69. The van der Waals surface area contributed by atoms with E-state index in [0.29, 0.717) is 23.2 Å². The Hall–Kier alpha value is -2.64. The van der Waals surface area contributed by atoms with Crippen LogP contribution >= 0.6 is 0 Å². The number of hydrogen-bond donors (Lipinski definition) is 1. The van der Waals surface area contributed by atoms with E-state index >= 15 is 0 Å². The van der Waals surface area contributed by atoms with Gasteiger partial charge in [0, 0.05) is 6.54 Å². The maximum atomic E-state index is 13.4. The monoisotopic (exact) mass is 455 g/mol. The molecule has 0 aliphatic heterocycles. The molecule has 0 saturated heterocycles. The summed E-state index contributed by atoms with van der Waals surface area (Å²) in [5.41, 5.74) is 6.62. The molecular formula is C25H33N3O3S. The normalized spacial score (nSPS) is 12.8. The Bertz CT molecular complexity index is 1210. The van der Waals surface area contributed by atoms with E-state index < -0.39 is 16.1 Å². The first-order valence-electron chi connectivity index (χ1n) is 10.9. The largest absolute Gasteiger partial charge is 0.426 e. The zero-order valence-corrected chi connectivity index (χ0v) is 21.0. The molecule has 0 spiro atoms. The minimum atomic E-state index is -3.74. The highest BCUT2D eigenvalue weighted by molar-refractivity contribution is 7.89. The number of ether oxygens (including phenoxy) is 1. The van der Waals surface area contributed by atoms with E-state index in [9.17, 15) is 8.42 Å². The molecule has 7 heteroatoms. The average Bonchev–Trinajstić information content (AvgIpc) is 3.14. The second-order valence-corrected chi connectivity index (χ2v) is 10.1. The van der Waals surface area contributed by atoms with Gasteiger partial charge in [-0.25, -0.2) is 18.1 Å². The van der Waals surface area contributed by atoms with E-state index in [1.165, 1.54) is 0 Å². The van der Waals surface area contributed by atoms with Gasteiger partial charge in [0.05, 0.1) is 22.8 Å². The molecule has 0 amide bonds. The van der Waals surface area contributed by atoms with Crippen molar-refractivity contribution in [2.45, 2.75) is 72.9 Å².